The average Bonchev–Trinajstić information content (AvgIpc) is 2.26. The van der Waals surface area contributed by atoms with Crippen LogP contribution in [0.15, 0.2) is 18.2 Å². The van der Waals surface area contributed by atoms with Crippen LogP contribution in [-0.4, -0.2) is 19.0 Å². The third kappa shape index (κ3) is 4.09. The summed E-state index contributed by atoms with van der Waals surface area (Å²) in [4.78, 5) is 23.8. The SMILES string of the molecule is COC(=O)C(C(=O)Nc1cc(C)cc(C)c1)C(C)C. The van der Waals surface area contributed by atoms with E-state index in [0.29, 0.717) is 5.69 Å². The van der Waals surface area contributed by atoms with Crippen LogP contribution in [0.25, 0.3) is 0 Å². The fraction of sp³-hybridized carbons (Fsp3) is 0.467. The molecular weight excluding hydrogens is 242 g/mol. The van der Waals surface area contributed by atoms with Crippen molar-refractivity contribution in [3.63, 3.8) is 0 Å². The van der Waals surface area contributed by atoms with Gasteiger partial charge in [-0.1, -0.05) is 19.9 Å². The number of hydrogen-bond donors (Lipinski definition) is 1. The predicted octanol–water partition coefficient (Wildman–Crippen LogP) is 2.69. The molecule has 1 atom stereocenters. The molecule has 1 unspecified atom stereocenters. The molecule has 0 bridgehead atoms. The lowest BCUT2D eigenvalue weighted by molar-refractivity contribution is -0.150. The number of ether oxygens (including phenoxy) is 1. The minimum Gasteiger partial charge on any atom is -0.468 e. The maximum absolute atomic E-state index is 12.2. The van der Waals surface area contributed by atoms with Crippen molar-refractivity contribution in [2.45, 2.75) is 27.7 Å². The van der Waals surface area contributed by atoms with E-state index in [2.05, 4.69) is 10.1 Å². The molecule has 0 saturated heterocycles. The zero-order valence-corrected chi connectivity index (χ0v) is 12.1. The van der Waals surface area contributed by atoms with Crippen molar-refractivity contribution in [2.24, 2.45) is 11.8 Å². The summed E-state index contributed by atoms with van der Waals surface area (Å²) in [7, 11) is 1.29. The Bertz CT molecular complexity index is 460. The van der Waals surface area contributed by atoms with Crippen LogP contribution >= 0.6 is 0 Å². The van der Waals surface area contributed by atoms with Gasteiger partial charge in [0.15, 0.2) is 0 Å². The summed E-state index contributed by atoms with van der Waals surface area (Å²) in [6.45, 7) is 7.57. The third-order valence-electron chi connectivity index (χ3n) is 2.89. The van der Waals surface area contributed by atoms with Gasteiger partial charge in [-0.15, -0.1) is 0 Å². The Morgan fingerprint density at radius 1 is 1.11 bits per heavy atom. The molecule has 104 valence electrons. The molecule has 0 aliphatic carbocycles. The number of esters is 1. The highest BCUT2D eigenvalue weighted by Gasteiger charge is 2.30. The number of methoxy groups -OCH3 is 1. The number of benzene rings is 1. The molecule has 19 heavy (non-hydrogen) atoms. The molecule has 0 fully saturated rings. The Balaban J connectivity index is 2.90. The molecule has 0 aromatic heterocycles. The third-order valence-corrected chi connectivity index (χ3v) is 2.89. The van der Waals surface area contributed by atoms with Gasteiger partial charge >= 0.3 is 5.97 Å². The van der Waals surface area contributed by atoms with Crippen LogP contribution in [0.1, 0.15) is 25.0 Å². The highest BCUT2D eigenvalue weighted by molar-refractivity contribution is 6.05. The molecule has 1 aromatic rings. The van der Waals surface area contributed by atoms with Crippen molar-refractivity contribution < 1.29 is 14.3 Å². The Morgan fingerprint density at radius 3 is 2.05 bits per heavy atom. The number of aryl methyl sites for hydroxylation is 2. The second-order valence-electron chi connectivity index (χ2n) is 5.11. The van der Waals surface area contributed by atoms with Crippen molar-refractivity contribution in [1.82, 2.24) is 0 Å². The number of rotatable bonds is 4. The van der Waals surface area contributed by atoms with Crippen LogP contribution < -0.4 is 5.32 Å². The molecule has 0 aliphatic heterocycles. The normalized spacial score (nSPS) is 12.1. The lowest BCUT2D eigenvalue weighted by atomic mass is 9.95. The van der Waals surface area contributed by atoms with E-state index in [0.717, 1.165) is 11.1 Å². The van der Waals surface area contributed by atoms with Gasteiger partial charge in [0.25, 0.3) is 0 Å². The molecule has 1 aromatic carbocycles. The second kappa shape index (κ2) is 6.36. The van der Waals surface area contributed by atoms with Crippen molar-refractivity contribution in [2.75, 3.05) is 12.4 Å². The molecule has 1 amide bonds. The van der Waals surface area contributed by atoms with Crippen LogP contribution in [0, 0.1) is 25.7 Å². The lowest BCUT2D eigenvalue weighted by Crippen LogP contribution is -2.34. The Kier molecular flexibility index (Phi) is 5.10. The smallest absolute Gasteiger partial charge is 0.318 e. The van der Waals surface area contributed by atoms with E-state index in [-0.39, 0.29) is 11.8 Å². The van der Waals surface area contributed by atoms with Crippen LogP contribution in [0.4, 0.5) is 5.69 Å². The zero-order chi connectivity index (χ0) is 14.6. The first-order valence-electron chi connectivity index (χ1n) is 6.32. The van der Waals surface area contributed by atoms with Crippen LogP contribution in [0.3, 0.4) is 0 Å². The number of nitrogens with one attached hydrogen (secondary N) is 1. The van der Waals surface area contributed by atoms with Crippen LogP contribution in [0.5, 0.6) is 0 Å². The van der Waals surface area contributed by atoms with E-state index in [1.54, 1.807) is 0 Å². The quantitative estimate of drug-likeness (QED) is 0.671. The van der Waals surface area contributed by atoms with E-state index in [4.69, 9.17) is 0 Å². The van der Waals surface area contributed by atoms with Crippen molar-refractivity contribution >= 4 is 17.6 Å². The number of amides is 1. The number of carbonyl (C=O) groups is 2. The topological polar surface area (TPSA) is 55.4 Å². The minimum atomic E-state index is -0.786. The molecule has 4 nitrogen and oxygen atoms in total. The number of carbonyl (C=O) groups excluding carboxylic acids is 2. The minimum absolute atomic E-state index is 0.113. The van der Waals surface area contributed by atoms with Crippen LogP contribution in [0.2, 0.25) is 0 Å². The maximum atomic E-state index is 12.2. The van der Waals surface area contributed by atoms with Crippen molar-refractivity contribution in [3.8, 4) is 0 Å². The average molecular weight is 263 g/mol. The monoisotopic (exact) mass is 263 g/mol. The Morgan fingerprint density at radius 2 is 1.63 bits per heavy atom. The number of anilines is 1. The van der Waals surface area contributed by atoms with Crippen LogP contribution in [-0.2, 0) is 14.3 Å². The Labute approximate surface area is 114 Å². The first kappa shape index (κ1) is 15.2. The standard InChI is InChI=1S/C15H21NO3/c1-9(2)13(15(18)19-5)14(17)16-12-7-10(3)6-11(4)8-12/h6-9,13H,1-5H3,(H,16,17). The van der Waals surface area contributed by atoms with E-state index in [9.17, 15) is 9.59 Å². The molecule has 0 aliphatic rings. The second-order valence-corrected chi connectivity index (χ2v) is 5.11. The van der Waals surface area contributed by atoms with Gasteiger partial charge in [-0.2, -0.15) is 0 Å². The summed E-state index contributed by atoms with van der Waals surface area (Å²) in [6, 6.07) is 5.77. The van der Waals surface area contributed by atoms with Gasteiger partial charge in [0.1, 0.15) is 5.92 Å². The van der Waals surface area contributed by atoms with Gasteiger partial charge in [0, 0.05) is 5.69 Å². The molecule has 0 heterocycles. The molecule has 4 heteroatoms. The molecule has 0 saturated carbocycles. The summed E-state index contributed by atoms with van der Waals surface area (Å²) >= 11 is 0. The lowest BCUT2D eigenvalue weighted by Gasteiger charge is -2.18. The summed E-state index contributed by atoms with van der Waals surface area (Å²) < 4.78 is 4.68. The van der Waals surface area contributed by atoms with E-state index in [1.807, 2.05) is 45.9 Å². The summed E-state index contributed by atoms with van der Waals surface area (Å²) in [5.41, 5.74) is 2.83. The van der Waals surface area contributed by atoms with Gasteiger partial charge in [0.2, 0.25) is 5.91 Å². The highest BCUT2D eigenvalue weighted by Crippen LogP contribution is 2.18. The van der Waals surface area contributed by atoms with Gasteiger partial charge < -0.3 is 10.1 Å². The fourth-order valence-electron chi connectivity index (χ4n) is 2.08. The van der Waals surface area contributed by atoms with Gasteiger partial charge in [-0.3, -0.25) is 9.59 Å². The summed E-state index contributed by atoms with van der Waals surface area (Å²) in [5, 5.41) is 2.78. The van der Waals surface area contributed by atoms with Gasteiger partial charge in [-0.05, 0) is 43.0 Å². The largest absolute Gasteiger partial charge is 0.468 e. The zero-order valence-electron chi connectivity index (χ0n) is 12.1. The molecule has 0 spiro atoms. The summed E-state index contributed by atoms with van der Waals surface area (Å²) in [6.07, 6.45) is 0. The maximum Gasteiger partial charge on any atom is 0.318 e. The van der Waals surface area contributed by atoms with E-state index >= 15 is 0 Å². The first-order chi connectivity index (χ1) is 8.85. The Hall–Kier alpha value is -1.84. The predicted molar refractivity (Wildman–Crippen MR) is 74.9 cm³/mol. The van der Waals surface area contributed by atoms with Crippen molar-refractivity contribution in [3.05, 3.63) is 29.3 Å². The summed E-state index contributed by atoms with van der Waals surface area (Å²) in [5.74, 6) is -1.73. The fourth-order valence-corrected chi connectivity index (χ4v) is 2.08. The van der Waals surface area contributed by atoms with Gasteiger partial charge in [-0.25, -0.2) is 0 Å². The van der Waals surface area contributed by atoms with Gasteiger partial charge in [0.05, 0.1) is 7.11 Å². The van der Waals surface area contributed by atoms with E-state index in [1.165, 1.54) is 7.11 Å². The number of hydrogen-bond acceptors (Lipinski definition) is 3. The highest BCUT2D eigenvalue weighted by atomic mass is 16.5. The molecule has 0 radical (unpaired) electrons. The first-order valence-corrected chi connectivity index (χ1v) is 6.32. The van der Waals surface area contributed by atoms with Crippen molar-refractivity contribution in [1.29, 1.82) is 0 Å². The molecule has 1 rings (SSSR count). The van der Waals surface area contributed by atoms with E-state index < -0.39 is 11.9 Å². The molecule has 1 N–H and O–H groups in total. The molecular formula is C15H21NO3.